The van der Waals surface area contributed by atoms with E-state index in [0.29, 0.717) is 0 Å². The molecule has 2 aromatic heterocycles. The zero-order valence-corrected chi connectivity index (χ0v) is 10.5. The number of rotatable bonds is 1. The van der Waals surface area contributed by atoms with Crippen molar-refractivity contribution >= 4 is 11.3 Å². The first-order valence-corrected chi connectivity index (χ1v) is 6.51. The SMILES string of the molecule is c1ccc(N2CCc3nc4cnccn4c3C2)cc1. The van der Waals surface area contributed by atoms with Crippen molar-refractivity contribution in [1.29, 1.82) is 0 Å². The lowest BCUT2D eigenvalue weighted by atomic mass is 10.1. The summed E-state index contributed by atoms with van der Waals surface area (Å²) in [6.07, 6.45) is 6.63. The summed E-state index contributed by atoms with van der Waals surface area (Å²) in [6.45, 7) is 1.93. The third-order valence-corrected chi connectivity index (χ3v) is 3.69. The zero-order valence-electron chi connectivity index (χ0n) is 10.5. The number of aromatic nitrogens is 3. The van der Waals surface area contributed by atoms with Gasteiger partial charge in [0.05, 0.1) is 24.1 Å². The molecule has 1 aliphatic heterocycles. The maximum atomic E-state index is 4.66. The van der Waals surface area contributed by atoms with Gasteiger partial charge in [-0.25, -0.2) is 4.98 Å². The summed E-state index contributed by atoms with van der Waals surface area (Å²) < 4.78 is 2.15. The van der Waals surface area contributed by atoms with Crippen LogP contribution in [0.2, 0.25) is 0 Å². The first-order chi connectivity index (χ1) is 9.42. The molecule has 94 valence electrons. The van der Waals surface area contributed by atoms with Crippen molar-refractivity contribution in [2.75, 3.05) is 11.4 Å². The fraction of sp³-hybridized carbons (Fsp3) is 0.200. The van der Waals surface area contributed by atoms with Crippen LogP contribution in [-0.2, 0) is 13.0 Å². The first-order valence-electron chi connectivity index (χ1n) is 6.51. The molecule has 0 saturated heterocycles. The molecule has 3 aromatic rings. The molecule has 0 fully saturated rings. The van der Waals surface area contributed by atoms with Gasteiger partial charge >= 0.3 is 0 Å². The molecular formula is C15H14N4. The highest BCUT2D eigenvalue weighted by atomic mass is 15.2. The highest BCUT2D eigenvalue weighted by Gasteiger charge is 2.21. The Morgan fingerprint density at radius 1 is 1.11 bits per heavy atom. The lowest BCUT2D eigenvalue weighted by molar-refractivity contribution is 0.702. The molecule has 0 bridgehead atoms. The Morgan fingerprint density at radius 2 is 2.00 bits per heavy atom. The van der Waals surface area contributed by atoms with Crippen molar-refractivity contribution in [3.63, 3.8) is 0 Å². The molecule has 19 heavy (non-hydrogen) atoms. The van der Waals surface area contributed by atoms with Crippen molar-refractivity contribution < 1.29 is 0 Å². The number of para-hydroxylation sites is 1. The molecular weight excluding hydrogens is 236 g/mol. The van der Waals surface area contributed by atoms with Crippen LogP contribution in [0, 0.1) is 0 Å². The van der Waals surface area contributed by atoms with Crippen LogP contribution < -0.4 is 4.90 Å². The van der Waals surface area contributed by atoms with Gasteiger partial charge in [0.25, 0.3) is 0 Å². The Balaban J connectivity index is 1.77. The lowest BCUT2D eigenvalue weighted by Gasteiger charge is -2.28. The Hall–Kier alpha value is -2.36. The van der Waals surface area contributed by atoms with E-state index < -0.39 is 0 Å². The highest BCUT2D eigenvalue weighted by Crippen LogP contribution is 2.24. The van der Waals surface area contributed by atoms with Crippen molar-refractivity contribution in [3.05, 3.63) is 60.3 Å². The van der Waals surface area contributed by atoms with E-state index in [2.05, 4.69) is 49.6 Å². The smallest absolute Gasteiger partial charge is 0.155 e. The molecule has 0 saturated carbocycles. The standard InChI is InChI=1S/C15H14N4/c1-2-4-12(5-3-1)18-8-6-13-14(11-18)19-9-7-16-10-15(19)17-13/h1-5,7,9-10H,6,8,11H2. The summed E-state index contributed by atoms with van der Waals surface area (Å²) in [4.78, 5) is 11.2. The summed E-state index contributed by atoms with van der Waals surface area (Å²) >= 11 is 0. The van der Waals surface area contributed by atoms with Gasteiger partial charge in [-0.15, -0.1) is 0 Å². The fourth-order valence-electron chi connectivity index (χ4n) is 2.73. The van der Waals surface area contributed by atoms with Gasteiger partial charge in [-0.1, -0.05) is 18.2 Å². The van der Waals surface area contributed by atoms with E-state index in [1.165, 1.54) is 17.1 Å². The van der Waals surface area contributed by atoms with Crippen molar-refractivity contribution in [1.82, 2.24) is 14.4 Å². The Morgan fingerprint density at radius 3 is 2.89 bits per heavy atom. The van der Waals surface area contributed by atoms with Gasteiger partial charge in [0.2, 0.25) is 0 Å². The molecule has 4 heteroatoms. The van der Waals surface area contributed by atoms with Crippen LogP contribution in [0.4, 0.5) is 5.69 Å². The second-order valence-corrected chi connectivity index (χ2v) is 4.82. The second-order valence-electron chi connectivity index (χ2n) is 4.82. The van der Waals surface area contributed by atoms with Crippen LogP contribution >= 0.6 is 0 Å². The van der Waals surface area contributed by atoms with Crippen LogP contribution in [0.15, 0.2) is 48.9 Å². The minimum Gasteiger partial charge on any atom is -0.365 e. The minimum atomic E-state index is 0.907. The molecule has 0 unspecified atom stereocenters. The first kappa shape index (κ1) is 10.6. The Bertz CT molecular complexity index is 717. The number of hydrogen-bond donors (Lipinski definition) is 0. The monoisotopic (exact) mass is 250 g/mol. The molecule has 1 aromatic carbocycles. The predicted molar refractivity (Wildman–Crippen MR) is 74.2 cm³/mol. The van der Waals surface area contributed by atoms with E-state index in [4.69, 9.17) is 0 Å². The molecule has 0 atom stereocenters. The van der Waals surface area contributed by atoms with E-state index in [0.717, 1.165) is 25.2 Å². The predicted octanol–water partition coefficient (Wildman–Crippen LogP) is 2.29. The maximum absolute atomic E-state index is 4.66. The number of hydrogen-bond acceptors (Lipinski definition) is 3. The molecule has 0 radical (unpaired) electrons. The van der Waals surface area contributed by atoms with Crippen LogP contribution in [-0.4, -0.2) is 20.9 Å². The normalized spacial score (nSPS) is 14.6. The molecule has 4 nitrogen and oxygen atoms in total. The summed E-state index contributed by atoms with van der Waals surface area (Å²) in [5.41, 5.74) is 4.72. The molecule has 4 rings (SSSR count). The largest absolute Gasteiger partial charge is 0.365 e. The topological polar surface area (TPSA) is 33.4 Å². The van der Waals surface area contributed by atoms with Crippen LogP contribution in [0.1, 0.15) is 11.4 Å². The van der Waals surface area contributed by atoms with Crippen molar-refractivity contribution in [2.45, 2.75) is 13.0 Å². The molecule has 3 heterocycles. The number of fused-ring (bicyclic) bond motifs is 3. The number of anilines is 1. The number of imidazole rings is 1. The Labute approximate surface area is 111 Å². The second kappa shape index (κ2) is 4.09. The zero-order chi connectivity index (χ0) is 12.7. The summed E-state index contributed by atoms with van der Waals surface area (Å²) in [5.74, 6) is 0. The molecule has 0 aliphatic carbocycles. The van der Waals surface area contributed by atoms with Gasteiger partial charge in [-0.05, 0) is 12.1 Å². The van der Waals surface area contributed by atoms with E-state index in [9.17, 15) is 0 Å². The number of nitrogens with zero attached hydrogens (tertiary/aromatic N) is 4. The van der Waals surface area contributed by atoms with Gasteiger partial charge in [0.15, 0.2) is 5.65 Å². The average molecular weight is 250 g/mol. The summed E-state index contributed by atoms with van der Waals surface area (Å²) in [7, 11) is 0. The van der Waals surface area contributed by atoms with Crippen LogP contribution in [0.25, 0.3) is 5.65 Å². The maximum Gasteiger partial charge on any atom is 0.155 e. The van der Waals surface area contributed by atoms with E-state index in [1.807, 2.05) is 18.6 Å². The minimum absolute atomic E-state index is 0.907. The molecule has 0 N–H and O–H groups in total. The van der Waals surface area contributed by atoms with E-state index in [1.54, 1.807) is 0 Å². The van der Waals surface area contributed by atoms with Gasteiger partial charge in [0.1, 0.15) is 0 Å². The third kappa shape index (κ3) is 1.68. The summed E-state index contributed by atoms with van der Waals surface area (Å²) in [5, 5.41) is 0. The van der Waals surface area contributed by atoms with Gasteiger partial charge in [0, 0.05) is 31.0 Å². The van der Waals surface area contributed by atoms with Gasteiger partial charge in [-0.2, -0.15) is 0 Å². The third-order valence-electron chi connectivity index (χ3n) is 3.69. The van der Waals surface area contributed by atoms with Gasteiger partial charge < -0.3 is 4.90 Å². The van der Waals surface area contributed by atoms with Crippen LogP contribution in [0.5, 0.6) is 0 Å². The number of benzene rings is 1. The average Bonchev–Trinajstić information content (AvgIpc) is 2.86. The quantitative estimate of drug-likeness (QED) is 0.664. The van der Waals surface area contributed by atoms with E-state index >= 15 is 0 Å². The van der Waals surface area contributed by atoms with E-state index in [-0.39, 0.29) is 0 Å². The Kier molecular flexibility index (Phi) is 2.27. The van der Waals surface area contributed by atoms with Crippen molar-refractivity contribution in [2.24, 2.45) is 0 Å². The fourth-order valence-corrected chi connectivity index (χ4v) is 2.73. The van der Waals surface area contributed by atoms with Crippen LogP contribution in [0.3, 0.4) is 0 Å². The summed E-state index contributed by atoms with van der Waals surface area (Å²) in [6, 6.07) is 10.6. The molecule has 1 aliphatic rings. The highest BCUT2D eigenvalue weighted by molar-refractivity contribution is 5.50. The lowest BCUT2D eigenvalue weighted by Crippen LogP contribution is -2.30. The van der Waals surface area contributed by atoms with Gasteiger partial charge in [-0.3, -0.25) is 9.38 Å². The van der Waals surface area contributed by atoms with Crippen molar-refractivity contribution in [3.8, 4) is 0 Å². The molecule has 0 spiro atoms. The molecule has 0 amide bonds.